The summed E-state index contributed by atoms with van der Waals surface area (Å²) < 4.78 is 27.3. The highest BCUT2D eigenvalue weighted by Crippen LogP contribution is 2.46. The van der Waals surface area contributed by atoms with E-state index in [1.807, 2.05) is 6.08 Å². The van der Waals surface area contributed by atoms with Crippen molar-refractivity contribution in [3.05, 3.63) is 16.2 Å². The van der Waals surface area contributed by atoms with E-state index >= 15 is 0 Å². The van der Waals surface area contributed by atoms with Crippen LogP contribution in [-0.2, 0) is 10.0 Å². The predicted octanol–water partition coefficient (Wildman–Crippen LogP) is 1.67. The molecule has 0 saturated heterocycles. The highest BCUT2D eigenvalue weighted by atomic mass is 79.9. The zero-order chi connectivity index (χ0) is 16.2. The highest BCUT2D eigenvalue weighted by molar-refractivity contribution is 9.12. The number of nitrogens with zero attached hydrogens (tertiary/aromatic N) is 4. The summed E-state index contributed by atoms with van der Waals surface area (Å²) in [6.45, 7) is 0.725. The molecule has 1 aliphatic carbocycles. The standard InChI is InChI=1S/C14H16BrN5O2S/c1-16-23(21,22)13-17-7-9-6-10(15)12-18-8-14(4-2-3-5-14)20(12)11(9)19-13/h6-7,16H,2-5,8H2,1H3. The number of rotatable bonds is 2. The zero-order valence-electron chi connectivity index (χ0n) is 12.6. The number of fused-ring (bicyclic) bond motifs is 4. The quantitative estimate of drug-likeness (QED) is 0.766. The van der Waals surface area contributed by atoms with Gasteiger partial charge in [0, 0.05) is 11.8 Å². The van der Waals surface area contributed by atoms with Crippen LogP contribution < -0.4 is 9.62 Å². The van der Waals surface area contributed by atoms with Crippen molar-refractivity contribution in [1.82, 2.24) is 14.7 Å². The van der Waals surface area contributed by atoms with Crippen molar-refractivity contribution in [1.29, 1.82) is 0 Å². The largest absolute Gasteiger partial charge is 0.302 e. The molecule has 23 heavy (non-hydrogen) atoms. The van der Waals surface area contributed by atoms with Crippen molar-refractivity contribution in [2.45, 2.75) is 36.4 Å². The summed E-state index contributed by atoms with van der Waals surface area (Å²) in [7, 11) is -2.32. The third kappa shape index (κ3) is 2.17. The molecule has 0 aromatic carbocycles. The number of halogens is 1. The van der Waals surface area contributed by atoms with Crippen LogP contribution in [0.25, 0.3) is 6.08 Å². The molecular formula is C14H16BrN5O2S. The highest BCUT2D eigenvalue weighted by Gasteiger charge is 2.48. The molecular weight excluding hydrogens is 382 g/mol. The van der Waals surface area contributed by atoms with Crippen LogP contribution in [0.1, 0.15) is 31.2 Å². The minimum Gasteiger partial charge on any atom is -0.302 e. The molecule has 0 bridgehead atoms. The fourth-order valence-corrected chi connectivity index (χ4v) is 4.71. The number of amidine groups is 1. The van der Waals surface area contributed by atoms with Gasteiger partial charge in [-0.25, -0.2) is 18.1 Å². The fourth-order valence-electron chi connectivity index (χ4n) is 3.58. The summed E-state index contributed by atoms with van der Waals surface area (Å²) in [4.78, 5) is 15.2. The van der Waals surface area contributed by atoms with Gasteiger partial charge < -0.3 is 4.90 Å². The van der Waals surface area contributed by atoms with Crippen LogP contribution in [0.4, 0.5) is 5.82 Å². The van der Waals surface area contributed by atoms with Crippen LogP contribution in [0.2, 0.25) is 0 Å². The molecule has 0 unspecified atom stereocenters. The van der Waals surface area contributed by atoms with Gasteiger partial charge in [-0.05, 0) is 41.9 Å². The molecule has 0 atom stereocenters. The average molecular weight is 398 g/mol. The average Bonchev–Trinajstić information content (AvgIpc) is 3.16. The first-order chi connectivity index (χ1) is 11.0. The van der Waals surface area contributed by atoms with Gasteiger partial charge in [0.2, 0.25) is 0 Å². The third-order valence-electron chi connectivity index (χ3n) is 4.73. The van der Waals surface area contributed by atoms with Gasteiger partial charge in [-0.15, -0.1) is 0 Å². The summed E-state index contributed by atoms with van der Waals surface area (Å²) in [5, 5.41) is -0.204. The molecule has 4 rings (SSSR count). The zero-order valence-corrected chi connectivity index (χ0v) is 15.0. The van der Waals surface area contributed by atoms with E-state index in [1.165, 1.54) is 7.05 Å². The van der Waals surface area contributed by atoms with Crippen molar-refractivity contribution in [3.63, 3.8) is 0 Å². The Morgan fingerprint density at radius 2 is 2.09 bits per heavy atom. The van der Waals surface area contributed by atoms with Crippen molar-refractivity contribution < 1.29 is 8.42 Å². The molecule has 3 aliphatic rings. The van der Waals surface area contributed by atoms with Gasteiger partial charge in [-0.2, -0.15) is 4.98 Å². The van der Waals surface area contributed by atoms with Crippen LogP contribution in [-0.4, -0.2) is 43.4 Å². The summed E-state index contributed by atoms with van der Waals surface area (Å²) in [6.07, 6.45) is 7.85. The van der Waals surface area contributed by atoms with Crippen LogP contribution in [0.15, 0.2) is 20.8 Å². The van der Waals surface area contributed by atoms with Crippen molar-refractivity contribution >= 4 is 43.7 Å². The lowest BCUT2D eigenvalue weighted by molar-refractivity contribution is 0.468. The van der Waals surface area contributed by atoms with E-state index < -0.39 is 10.0 Å². The maximum atomic E-state index is 12.0. The number of hydrogen-bond donors (Lipinski definition) is 1. The molecule has 2 aliphatic heterocycles. The van der Waals surface area contributed by atoms with E-state index in [-0.39, 0.29) is 10.7 Å². The van der Waals surface area contributed by atoms with E-state index in [1.54, 1.807) is 6.20 Å². The van der Waals surface area contributed by atoms with Crippen molar-refractivity contribution in [2.75, 3.05) is 18.5 Å². The summed E-state index contributed by atoms with van der Waals surface area (Å²) >= 11 is 3.57. The normalized spacial score (nSPS) is 21.9. The summed E-state index contributed by atoms with van der Waals surface area (Å²) in [5.41, 5.74) is 0.728. The van der Waals surface area contributed by atoms with Gasteiger partial charge in [0.1, 0.15) is 11.7 Å². The number of aromatic nitrogens is 2. The first-order valence-corrected chi connectivity index (χ1v) is 9.77. The molecule has 0 radical (unpaired) electrons. The van der Waals surface area contributed by atoms with E-state index in [0.29, 0.717) is 5.82 Å². The molecule has 1 aromatic rings. The Labute approximate surface area is 143 Å². The molecule has 122 valence electrons. The van der Waals surface area contributed by atoms with Gasteiger partial charge in [0.15, 0.2) is 0 Å². The van der Waals surface area contributed by atoms with Gasteiger partial charge >= 0.3 is 0 Å². The lowest BCUT2D eigenvalue weighted by atomic mass is 9.95. The predicted molar refractivity (Wildman–Crippen MR) is 91.2 cm³/mol. The van der Waals surface area contributed by atoms with Crippen molar-refractivity contribution in [3.8, 4) is 0 Å². The molecule has 7 nitrogen and oxygen atoms in total. The lowest BCUT2D eigenvalue weighted by Crippen LogP contribution is -2.49. The lowest BCUT2D eigenvalue weighted by Gasteiger charge is -2.38. The van der Waals surface area contributed by atoms with Crippen LogP contribution in [0.5, 0.6) is 0 Å². The van der Waals surface area contributed by atoms with Crippen LogP contribution in [0.3, 0.4) is 0 Å². The third-order valence-corrected chi connectivity index (χ3v) is 6.53. The fraction of sp³-hybridized carbons (Fsp3) is 0.500. The topological polar surface area (TPSA) is 87.5 Å². The Hall–Kier alpha value is -1.32. The van der Waals surface area contributed by atoms with Gasteiger partial charge in [0.05, 0.1) is 16.6 Å². The van der Waals surface area contributed by atoms with Gasteiger partial charge in [-0.1, -0.05) is 12.8 Å². The number of anilines is 1. The molecule has 1 aromatic heterocycles. The number of hydrogen-bond acceptors (Lipinski definition) is 6. The number of sulfonamides is 1. The maximum Gasteiger partial charge on any atom is 0.276 e. The summed E-state index contributed by atoms with van der Waals surface area (Å²) in [5.74, 6) is 1.47. The van der Waals surface area contributed by atoms with Gasteiger partial charge in [-0.3, -0.25) is 4.99 Å². The Kier molecular flexibility index (Phi) is 3.37. The smallest absolute Gasteiger partial charge is 0.276 e. The second-order valence-electron chi connectivity index (χ2n) is 6.04. The van der Waals surface area contributed by atoms with E-state index in [0.717, 1.165) is 48.1 Å². The minimum atomic E-state index is -3.68. The second-order valence-corrected chi connectivity index (χ2v) is 8.67. The molecule has 9 heteroatoms. The molecule has 1 N–H and O–H groups in total. The number of aliphatic imine (C=N–C) groups is 1. The molecule has 1 fully saturated rings. The molecule has 1 saturated carbocycles. The van der Waals surface area contributed by atoms with Gasteiger partial charge in [0.25, 0.3) is 15.2 Å². The van der Waals surface area contributed by atoms with Crippen LogP contribution >= 0.6 is 15.9 Å². The first-order valence-electron chi connectivity index (χ1n) is 7.50. The van der Waals surface area contributed by atoms with E-state index in [4.69, 9.17) is 0 Å². The Morgan fingerprint density at radius 3 is 2.78 bits per heavy atom. The SMILES string of the molecule is CNS(=O)(=O)c1ncc2c(n1)N1C(=NCC13CCCC3)C(Br)=C2. The molecule has 1 spiro atoms. The van der Waals surface area contributed by atoms with E-state index in [2.05, 4.69) is 40.5 Å². The Bertz CT molecular complexity index is 843. The number of nitrogens with one attached hydrogen (secondary N) is 1. The molecule has 3 heterocycles. The maximum absolute atomic E-state index is 12.0. The van der Waals surface area contributed by atoms with E-state index in [9.17, 15) is 8.42 Å². The minimum absolute atomic E-state index is 0.0770. The Morgan fingerprint density at radius 1 is 1.35 bits per heavy atom. The Balaban J connectivity index is 1.90. The molecule has 0 amide bonds. The monoisotopic (exact) mass is 397 g/mol. The summed E-state index contributed by atoms with van der Waals surface area (Å²) in [6, 6.07) is 0. The van der Waals surface area contributed by atoms with Crippen LogP contribution in [0, 0.1) is 0 Å². The first kappa shape index (κ1) is 15.2. The van der Waals surface area contributed by atoms with Crippen molar-refractivity contribution in [2.24, 2.45) is 4.99 Å². The second kappa shape index (κ2) is 5.09.